The lowest BCUT2D eigenvalue weighted by atomic mass is 10.1. The Morgan fingerprint density at radius 3 is 2.17 bits per heavy atom. The van der Waals surface area contributed by atoms with Crippen LogP contribution in [0.5, 0.6) is 0 Å². The van der Waals surface area contributed by atoms with Crippen molar-refractivity contribution in [3.05, 3.63) is 106 Å². The van der Waals surface area contributed by atoms with E-state index in [9.17, 15) is 14.9 Å². The van der Waals surface area contributed by atoms with Gasteiger partial charge in [0.05, 0.1) is 10.6 Å². The number of carbonyl (C=O) groups is 1. The summed E-state index contributed by atoms with van der Waals surface area (Å²) in [6.45, 7) is 2.38. The molecule has 0 bridgehead atoms. The van der Waals surface area contributed by atoms with Gasteiger partial charge in [0, 0.05) is 29.9 Å². The molecular weight excluding hydrogens is 368 g/mol. The fourth-order valence-corrected chi connectivity index (χ4v) is 2.62. The van der Waals surface area contributed by atoms with Crippen molar-refractivity contribution in [2.24, 2.45) is 5.10 Å². The molecule has 0 aromatic heterocycles. The molecule has 0 spiro atoms. The molecule has 7 nitrogen and oxygen atoms in total. The first-order valence-electron chi connectivity index (χ1n) is 9.00. The fraction of sp³-hybridized carbons (Fsp3) is 0.0909. The number of hydrogen-bond donors (Lipinski definition) is 2. The highest BCUT2D eigenvalue weighted by Crippen LogP contribution is 2.13. The molecule has 2 N–H and O–H groups in total. The highest BCUT2D eigenvalue weighted by Gasteiger charge is 2.07. The number of non-ortho nitro benzene ring substituents is 1. The summed E-state index contributed by atoms with van der Waals surface area (Å²) in [6.07, 6.45) is 0. The SMILES string of the molecule is CC(=NNC(=O)c1ccc(CNc2ccccc2)cc1)c1ccc([N+](=O)[O-])cc1. The van der Waals surface area contributed by atoms with E-state index in [-0.39, 0.29) is 11.6 Å². The summed E-state index contributed by atoms with van der Waals surface area (Å²) in [4.78, 5) is 22.5. The van der Waals surface area contributed by atoms with Crippen molar-refractivity contribution < 1.29 is 9.72 Å². The molecule has 0 aliphatic carbocycles. The van der Waals surface area contributed by atoms with E-state index in [1.165, 1.54) is 12.1 Å². The maximum atomic E-state index is 12.3. The maximum Gasteiger partial charge on any atom is 0.271 e. The zero-order chi connectivity index (χ0) is 20.6. The number of nitrogens with one attached hydrogen (secondary N) is 2. The number of para-hydroxylation sites is 1. The molecule has 7 heteroatoms. The van der Waals surface area contributed by atoms with Crippen LogP contribution in [0.25, 0.3) is 0 Å². The largest absolute Gasteiger partial charge is 0.381 e. The molecule has 0 atom stereocenters. The van der Waals surface area contributed by atoms with Gasteiger partial charge in [-0.05, 0) is 54.4 Å². The van der Waals surface area contributed by atoms with Crippen molar-refractivity contribution in [1.29, 1.82) is 0 Å². The van der Waals surface area contributed by atoms with E-state index >= 15 is 0 Å². The van der Waals surface area contributed by atoms with E-state index in [2.05, 4.69) is 15.8 Å². The smallest absolute Gasteiger partial charge is 0.271 e. The van der Waals surface area contributed by atoms with Crippen LogP contribution < -0.4 is 10.7 Å². The van der Waals surface area contributed by atoms with Crippen molar-refractivity contribution in [3.63, 3.8) is 0 Å². The molecule has 146 valence electrons. The van der Waals surface area contributed by atoms with E-state index in [0.29, 0.717) is 23.4 Å². The minimum absolute atomic E-state index is 0.00688. The second kappa shape index (κ2) is 9.27. The lowest BCUT2D eigenvalue weighted by Crippen LogP contribution is -2.19. The molecule has 1 amide bonds. The van der Waals surface area contributed by atoms with Crippen molar-refractivity contribution >= 4 is 23.0 Å². The van der Waals surface area contributed by atoms with Crippen molar-refractivity contribution in [2.45, 2.75) is 13.5 Å². The second-order valence-electron chi connectivity index (χ2n) is 6.36. The molecule has 0 unspecified atom stereocenters. The van der Waals surface area contributed by atoms with Gasteiger partial charge in [-0.15, -0.1) is 0 Å². The monoisotopic (exact) mass is 388 g/mol. The van der Waals surface area contributed by atoms with Gasteiger partial charge in [0.15, 0.2) is 0 Å². The van der Waals surface area contributed by atoms with Gasteiger partial charge in [0.1, 0.15) is 0 Å². The zero-order valence-electron chi connectivity index (χ0n) is 15.8. The average molecular weight is 388 g/mol. The standard InChI is InChI=1S/C22H20N4O3/c1-16(18-11-13-21(14-12-18)26(28)29)24-25-22(27)19-9-7-17(8-10-19)15-23-20-5-3-2-4-6-20/h2-14,23H,15H2,1H3,(H,25,27). The first-order valence-corrected chi connectivity index (χ1v) is 9.00. The van der Waals surface area contributed by atoms with Crippen LogP contribution in [0.15, 0.2) is 84.0 Å². The summed E-state index contributed by atoms with van der Waals surface area (Å²) in [7, 11) is 0. The summed E-state index contributed by atoms with van der Waals surface area (Å²) in [5, 5.41) is 18.1. The number of hydrazone groups is 1. The normalized spacial score (nSPS) is 11.0. The highest BCUT2D eigenvalue weighted by molar-refractivity contribution is 6.01. The van der Waals surface area contributed by atoms with Crippen LogP contribution in [0.2, 0.25) is 0 Å². The van der Waals surface area contributed by atoms with Gasteiger partial charge in [0.2, 0.25) is 0 Å². The van der Waals surface area contributed by atoms with E-state index in [4.69, 9.17) is 0 Å². The number of benzene rings is 3. The Hall–Kier alpha value is -4.00. The topological polar surface area (TPSA) is 96.6 Å². The molecule has 0 saturated heterocycles. The third-order valence-corrected chi connectivity index (χ3v) is 4.31. The molecule has 0 saturated carbocycles. The number of hydrogen-bond acceptors (Lipinski definition) is 5. The Kier molecular flexibility index (Phi) is 6.32. The van der Waals surface area contributed by atoms with Gasteiger partial charge in [-0.1, -0.05) is 30.3 Å². The predicted octanol–water partition coefficient (Wildman–Crippen LogP) is 4.36. The van der Waals surface area contributed by atoms with Crippen molar-refractivity contribution in [3.8, 4) is 0 Å². The van der Waals surface area contributed by atoms with Gasteiger partial charge in [0.25, 0.3) is 11.6 Å². The highest BCUT2D eigenvalue weighted by atomic mass is 16.6. The molecule has 0 aliphatic rings. The molecule has 0 aliphatic heterocycles. The fourth-order valence-electron chi connectivity index (χ4n) is 2.62. The molecule has 0 radical (unpaired) electrons. The summed E-state index contributed by atoms with van der Waals surface area (Å²) in [5.74, 6) is -0.325. The summed E-state index contributed by atoms with van der Waals surface area (Å²) < 4.78 is 0. The van der Waals surface area contributed by atoms with Crippen LogP contribution in [-0.4, -0.2) is 16.5 Å². The first kappa shape index (κ1) is 19.8. The average Bonchev–Trinajstić information content (AvgIpc) is 2.77. The van der Waals surface area contributed by atoms with Gasteiger partial charge in [-0.2, -0.15) is 5.10 Å². The second-order valence-corrected chi connectivity index (χ2v) is 6.36. The number of rotatable bonds is 7. The Morgan fingerprint density at radius 1 is 0.931 bits per heavy atom. The van der Waals surface area contributed by atoms with Crippen molar-refractivity contribution in [1.82, 2.24) is 5.43 Å². The number of amides is 1. The quantitative estimate of drug-likeness (QED) is 0.357. The molecule has 3 aromatic rings. The van der Waals surface area contributed by atoms with E-state index in [0.717, 1.165) is 11.3 Å². The number of carbonyl (C=O) groups excluding carboxylic acids is 1. The zero-order valence-corrected chi connectivity index (χ0v) is 15.8. The number of nitrogens with zero attached hydrogens (tertiary/aromatic N) is 2. The van der Waals surface area contributed by atoms with E-state index in [1.807, 2.05) is 42.5 Å². The van der Waals surface area contributed by atoms with Crippen LogP contribution in [0, 0.1) is 10.1 Å². The van der Waals surface area contributed by atoms with E-state index in [1.54, 1.807) is 31.2 Å². The maximum absolute atomic E-state index is 12.3. The minimum atomic E-state index is -0.461. The summed E-state index contributed by atoms with van der Waals surface area (Å²) >= 11 is 0. The molecule has 3 rings (SSSR count). The lowest BCUT2D eigenvalue weighted by molar-refractivity contribution is -0.384. The Bertz CT molecular complexity index is 1010. The Morgan fingerprint density at radius 2 is 1.55 bits per heavy atom. The van der Waals surface area contributed by atoms with Crippen LogP contribution in [-0.2, 0) is 6.54 Å². The third-order valence-electron chi connectivity index (χ3n) is 4.31. The molecular formula is C22H20N4O3. The minimum Gasteiger partial charge on any atom is -0.381 e. The predicted molar refractivity (Wildman–Crippen MR) is 113 cm³/mol. The number of nitro groups is 1. The van der Waals surface area contributed by atoms with Crippen LogP contribution in [0.3, 0.4) is 0 Å². The van der Waals surface area contributed by atoms with Crippen LogP contribution in [0.4, 0.5) is 11.4 Å². The van der Waals surface area contributed by atoms with Gasteiger partial charge < -0.3 is 5.32 Å². The number of nitro benzene ring substituents is 1. The molecule has 0 heterocycles. The summed E-state index contributed by atoms with van der Waals surface area (Å²) in [6, 6.07) is 23.1. The van der Waals surface area contributed by atoms with Gasteiger partial charge in [-0.3, -0.25) is 14.9 Å². The molecule has 0 fully saturated rings. The molecule has 29 heavy (non-hydrogen) atoms. The first-order chi connectivity index (χ1) is 14.0. The Balaban J connectivity index is 1.57. The van der Waals surface area contributed by atoms with E-state index < -0.39 is 4.92 Å². The summed E-state index contributed by atoms with van der Waals surface area (Å²) in [5.41, 5.74) is 6.34. The van der Waals surface area contributed by atoms with Gasteiger partial charge >= 0.3 is 0 Å². The Labute approximate surface area is 168 Å². The van der Waals surface area contributed by atoms with Crippen LogP contribution in [0.1, 0.15) is 28.4 Å². The van der Waals surface area contributed by atoms with Crippen molar-refractivity contribution in [2.75, 3.05) is 5.32 Å². The van der Waals surface area contributed by atoms with Crippen LogP contribution >= 0.6 is 0 Å². The number of anilines is 1. The molecule has 3 aromatic carbocycles. The lowest BCUT2D eigenvalue weighted by Gasteiger charge is -2.07. The third kappa shape index (κ3) is 5.49. The van der Waals surface area contributed by atoms with Gasteiger partial charge in [-0.25, -0.2) is 5.43 Å².